The van der Waals surface area contributed by atoms with Crippen LogP contribution in [-0.2, 0) is 0 Å². The number of hydrogen-bond acceptors (Lipinski definition) is 4. The summed E-state index contributed by atoms with van der Waals surface area (Å²) >= 11 is 6.06. The van der Waals surface area contributed by atoms with E-state index < -0.39 is 5.82 Å². The Morgan fingerprint density at radius 2 is 2.05 bits per heavy atom. The van der Waals surface area contributed by atoms with Crippen molar-refractivity contribution in [2.75, 3.05) is 5.32 Å². The number of fused-ring (bicyclic) bond motifs is 1. The van der Waals surface area contributed by atoms with Crippen molar-refractivity contribution >= 4 is 28.2 Å². The summed E-state index contributed by atoms with van der Waals surface area (Å²) in [7, 11) is 0. The minimum atomic E-state index is -0.418. The molecule has 0 bridgehead atoms. The summed E-state index contributed by atoms with van der Waals surface area (Å²) in [4.78, 5) is 4.08. The van der Waals surface area contributed by atoms with Gasteiger partial charge in [-0.3, -0.25) is 4.98 Å². The molecule has 0 spiro atoms. The lowest BCUT2D eigenvalue weighted by molar-refractivity contribution is 0.392. The molecular weight excluding hydrogens is 305 g/mol. The third-order valence-electron chi connectivity index (χ3n) is 3.69. The van der Waals surface area contributed by atoms with Gasteiger partial charge in [-0.25, -0.2) is 4.39 Å². The minimum Gasteiger partial charge on any atom is -0.376 e. The van der Waals surface area contributed by atoms with E-state index >= 15 is 0 Å². The average molecular weight is 320 g/mol. The Labute approximate surface area is 132 Å². The number of nitrogens with zero attached hydrogens (tertiary/aromatic N) is 2. The molecule has 1 atom stereocenters. The smallest absolute Gasteiger partial charge is 0.172 e. The van der Waals surface area contributed by atoms with E-state index in [2.05, 4.69) is 15.5 Å². The first-order valence-corrected chi connectivity index (χ1v) is 7.29. The fourth-order valence-electron chi connectivity index (χ4n) is 2.68. The maximum Gasteiger partial charge on any atom is 0.172 e. The number of rotatable bonds is 3. The highest BCUT2D eigenvalue weighted by Crippen LogP contribution is 2.31. The van der Waals surface area contributed by atoms with Gasteiger partial charge in [0.2, 0.25) is 0 Å². The van der Waals surface area contributed by atoms with E-state index in [0.717, 1.165) is 17.0 Å². The summed E-state index contributed by atoms with van der Waals surface area (Å²) in [6, 6.07) is 4.93. The van der Waals surface area contributed by atoms with Gasteiger partial charge in [0.15, 0.2) is 5.82 Å². The Balaban J connectivity index is 1.99. The molecule has 3 aromatic rings. The summed E-state index contributed by atoms with van der Waals surface area (Å²) in [5.41, 5.74) is 2.34. The van der Waals surface area contributed by atoms with Gasteiger partial charge in [0.05, 0.1) is 22.4 Å². The molecule has 2 heterocycles. The first-order valence-electron chi connectivity index (χ1n) is 6.91. The number of nitrogens with one attached hydrogen (secondary N) is 1. The second kappa shape index (κ2) is 5.57. The predicted molar refractivity (Wildman–Crippen MR) is 84.7 cm³/mol. The molecule has 0 aliphatic carbocycles. The molecule has 4 nitrogen and oxygen atoms in total. The van der Waals surface area contributed by atoms with Crippen molar-refractivity contribution in [3.05, 3.63) is 52.3 Å². The van der Waals surface area contributed by atoms with Gasteiger partial charge in [-0.2, -0.15) is 0 Å². The molecule has 0 radical (unpaired) electrons. The number of halogens is 2. The van der Waals surface area contributed by atoms with Crippen LogP contribution in [0.1, 0.15) is 30.0 Å². The van der Waals surface area contributed by atoms with Gasteiger partial charge >= 0.3 is 0 Å². The minimum absolute atomic E-state index is 0.141. The van der Waals surface area contributed by atoms with Crippen LogP contribution in [0.25, 0.3) is 10.9 Å². The molecule has 2 aromatic heterocycles. The Morgan fingerprint density at radius 1 is 1.27 bits per heavy atom. The average Bonchev–Trinajstić information content (AvgIpc) is 2.82. The van der Waals surface area contributed by atoms with Gasteiger partial charge in [0.1, 0.15) is 11.3 Å². The molecule has 0 saturated heterocycles. The van der Waals surface area contributed by atoms with Crippen molar-refractivity contribution in [3.63, 3.8) is 0 Å². The molecule has 1 aromatic carbocycles. The second-order valence-corrected chi connectivity index (χ2v) is 5.63. The van der Waals surface area contributed by atoms with Gasteiger partial charge in [0, 0.05) is 17.1 Å². The predicted octanol–water partition coefficient (Wildman–Crippen LogP) is 4.81. The van der Waals surface area contributed by atoms with Crippen LogP contribution in [0.3, 0.4) is 0 Å². The summed E-state index contributed by atoms with van der Waals surface area (Å²) in [6.07, 6.45) is 1.50. The summed E-state index contributed by atoms with van der Waals surface area (Å²) < 4.78 is 19.8. The van der Waals surface area contributed by atoms with Crippen LogP contribution in [0.5, 0.6) is 0 Å². The number of aryl methyl sites for hydroxylation is 2. The fourth-order valence-corrected chi connectivity index (χ4v) is 2.88. The molecular formula is C16H15ClFN3O. The van der Waals surface area contributed by atoms with E-state index in [0.29, 0.717) is 16.1 Å². The fraction of sp³-hybridized carbons (Fsp3) is 0.250. The number of anilines is 1. The number of hydrogen-bond donors (Lipinski definition) is 1. The van der Waals surface area contributed by atoms with Crippen molar-refractivity contribution in [2.45, 2.75) is 26.8 Å². The van der Waals surface area contributed by atoms with Crippen LogP contribution in [0.2, 0.25) is 5.02 Å². The first-order chi connectivity index (χ1) is 10.5. The highest BCUT2D eigenvalue weighted by molar-refractivity contribution is 6.35. The van der Waals surface area contributed by atoms with Crippen molar-refractivity contribution in [1.82, 2.24) is 10.1 Å². The molecule has 6 heteroatoms. The maximum absolute atomic E-state index is 14.6. The van der Waals surface area contributed by atoms with Gasteiger partial charge in [-0.05, 0) is 39.0 Å². The number of benzene rings is 1. The Bertz CT molecular complexity index is 827. The van der Waals surface area contributed by atoms with Crippen LogP contribution in [0, 0.1) is 19.7 Å². The molecule has 3 rings (SSSR count). The van der Waals surface area contributed by atoms with Gasteiger partial charge in [0.25, 0.3) is 0 Å². The Hall–Kier alpha value is -2.14. The number of pyridine rings is 1. The van der Waals surface area contributed by atoms with Gasteiger partial charge in [-0.1, -0.05) is 16.8 Å². The first kappa shape index (κ1) is 14.8. The highest BCUT2D eigenvalue weighted by Gasteiger charge is 2.18. The zero-order valence-electron chi connectivity index (χ0n) is 12.4. The molecule has 1 unspecified atom stereocenters. The standard InChI is InChI=1S/C16H15ClFN3O/c1-8(14-9(2)21-22-10(14)3)20-13-5-4-11-12(17)6-7-19-16(11)15(13)18/h4-8,20H,1-3H3. The lowest BCUT2D eigenvalue weighted by Crippen LogP contribution is -2.10. The van der Waals surface area contributed by atoms with E-state index in [-0.39, 0.29) is 11.6 Å². The Morgan fingerprint density at radius 3 is 2.73 bits per heavy atom. The van der Waals surface area contributed by atoms with Gasteiger partial charge in [-0.15, -0.1) is 0 Å². The Kier molecular flexibility index (Phi) is 3.74. The quantitative estimate of drug-likeness (QED) is 0.753. The largest absolute Gasteiger partial charge is 0.376 e. The van der Waals surface area contributed by atoms with E-state index in [1.54, 1.807) is 18.2 Å². The number of aromatic nitrogens is 2. The molecule has 114 valence electrons. The zero-order valence-corrected chi connectivity index (χ0v) is 13.2. The van der Waals surface area contributed by atoms with Crippen molar-refractivity contribution in [3.8, 4) is 0 Å². The van der Waals surface area contributed by atoms with Gasteiger partial charge < -0.3 is 9.84 Å². The highest BCUT2D eigenvalue weighted by atomic mass is 35.5. The van der Waals surface area contributed by atoms with Crippen LogP contribution >= 0.6 is 11.6 Å². The molecule has 1 N–H and O–H groups in total. The van der Waals surface area contributed by atoms with Crippen LogP contribution in [-0.4, -0.2) is 10.1 Å². The zero-order chi connectivity index (χ0) is 15.9. The monoisotopic (exact) mass is 319 g/mol. The molecule has 0 aliphatic rings. The summed E-state index contributed by atoms with van der Waals surface area (Å²) in [6.45, 7) is 5.63. The lowest BCUT2D eigenvalue weighted by Gasteiger charge is -2.16. The SMILES string of the molecule is Cc1noc(C)c1C(C)Nc1ccc2c(Cl)ccnc2c1F. The lowest BCUT2D eigenvalue weighted by atomic mass is 10.1. The van der Waals surface area contributed by atoms with Crippen LogP contribution in [0.15, 0.2) is 28.9 Å². The third kappa shape index (κ3) is 2.41. The summed E-state index contributed by atoms with van der Waals surface area (Å²) in [5.74, 6) is 0.304. The van der Waals surface area contributed by atoms with E-state index in [1.165, 1.54) is 6.20 Å². The van der Waals surface area contributed by atoms with Crippen LogP contribution < -0.4 is 5.32 Å². The molecule has 0 amide bonds. The van der Waals surface area contributed by atoms with E-state index in [4.69, 9.17) is 16.1 Å². The second-order valence-electron chi connectivity index (χ2n) is 5.22. The normalized spacial score (nSPS) is 12.6. The van der Waals surface area contributed by atoms with Crippen molar-refractivity contribution in [1.29, 1.82) is 0 Å². The molecule has 22 heavy (non-hydrogen) atoms. The molecule has 0 aliphatic heterocycles. The third-order valence-corrected chi connectivity index (χ3v) is 4.02. The summed E-state index contributed by atoms with van der Waals surface area (Å²) in [5, 5.41) is 8.15. The van der Waals surface area contributed by atoms with E-state index in [1.807, 2.05) is 20.8 Å². The molecule has 0 saturated carbocycles. The maximum atomic E-state index is 14.6. The van der Waals surface area contributed by atoms with Crippen molar-refractivity contribution in [2.24, 2.45) is 0 Å². The van der Waals surface area contributed by atoms with E-state index in [9.17, 15) is 4.39 Å². The van der Waals surface area contributed by atoms with Crippen LogP contribution in [0.4, 0.5) is 10.1 Å². The molecule has 0 fully saturated rings. The topological polar surface area (TPSA) is 51.0 Å². The van der Waals surface area contributed by atoms with Crippen molar-refractivity contribution < 1.29 is 8.91 Å².